The van der Waals surface area contributed by atoms with E-state index in [0.717, 1.165) is 17.6 Å². The predicted molar refractivity (Wildman–Crippen MR) is 103 cm³/mol. The fraction of sp³-hybridized carbons (Fsp3) is 0.652. The highest BCUT2D eigenvalue weighted by Gasteiger charge is 2.21. The van der Waals surface area contributed by atoms with Crippen LogP contribution < -0.4 is 0 Å². The molecular formula is C23H34F2. The Kier molecular flexibility index (Phi) is 9.21. The first-order chi connectivity index (χ1) is 12.2. The summed E-state index contributed by atoms with van der Waals surface area (Å²) < 4.78 is 24.3. The van der Waals surface area contributed by atoms with E-state index in [4.69, 9.17) is 0 Å². The summed E-state index contributed by atoms with van der Waals surface area (Å²) in [7, 11) is 0. The Morgan fingerprint density at radius 1 is 0.920 bits per heavy atom. The molecule has 2 rings (SSSR count). The van der Waals surface area contributed by atoms with E-state index in [0.29, 0.717) is 12.3 Å². The highest BCUT2D eigenvalue weighted by Crippen LogP contribution is 2.37. The van der Waals surface area contributed by atoms with Crippen LogP contribution in [0.15, 0.2) is 36.4 Å². The Bertz CT molecular complexity index is 491. The summed E-state index contributed by atoms with van der Waals surface area (Å²) in [4.78, 5) is 0. The number of unbranched alkanes of at least 4 members (excludes halogenated alkanes) is 5. The molecule has 0 N–H and O–H groups in total. The molecule has 0 aliphatic heterocycles. The highest BCUT2D eigenvalue weighted by atomic mass is 19.3. The second kappa shape index (κ2) is 11.4. The Morgan fingerprint density at radius 2 is 1.56 bits per heavy atom. The normalized spacial score (nSPS) is 20.4. The van der Waals surface area contributed by atoms with Crippen molar-refractivity contribution >= 4 is 0 Å². The number of benzene rings is 1. The Morgan fingerprint density at radius 3 is 2.20 bits per heavy atom. The van der Waals surface area contributed by atoms with E-state index in [2.05, 4.69) is 19.1 Å². The molecule has 0 saturated heterocycles. The molecule has 0 heterocycles. The molecular weight excluding hydrogens is 314 g/mol. The molecule has 1 aromatic carbocycles. The Labute approximate surface area is 152 Å². The fourth-order valence-corrected chi connectivity index (χ4v) is 4.12. The van der Waals surface area contributed by atoms with Gasteiger partial charge in [-0.3, -0.25) is 0 Å². The van der Waals surface area contributed by atoms with Crippen molar-refractivity contribution in [3.8, 4) is 0 Å². The lowest BCUT2D eigenvalue weighted by Crippen LogP contribution is -2.13. The van der Waals surface area contributed by atoms with Gasteiger partial charge in [-0.1, -0.05) is 76.1 Å². The third kappa shape index (κ3) is 7.71. The van der Waals surface area contributed by atoms with Gasteiger partial charge in [0, 0.05) is 0 Å². The van der Waals surface area contributed by atoms with E-state index in [1.54, 1.807) is 0 Å². The zero-order valence-corrected chi connectivity index (χ0v) is 15.8. The maximum absolute atomic E-state index is 12.2. The molecule has 0 nitrogen and oxygen atoms in total. The van der Waals surface area contributed by atoms with Gasteiger partial charge in [-0.2, -0.15) is 8.78 Å². The van der Waals surface area contributed by atoms with Gasteiger partial charge in [0.05, 0.1) is 0 Å². The summed E-state index contributed by atoms with van der Waals surface area (Å²) in [5.74, 6) is 1.60. The van der Waals surface area contributed by atoms with E-state index < -0.39 is 6.08 Å². The fourth-order valence-electron chi connectivity index (χ4n) is 4.12. The largest absolute Gasteiger partial charge is 0.266 e. The van der Waals surface area contributed by atoms with Crippen LogP contribution in [-0.4, -0.2) is 0 Å². The minimum atomic E-state index is -1.59. The second-order valence-electron chi connectivity index (χ2n) is 7.71. The van der Waals surface area contributed by atoms with Gasteiger partial charge in [-0.05, 0) is 61.1 Å². The quantitative estimate of drug-likeness (QED) is 0.375. The molecule has 140 valence electrons. The molecule has 0 aromatic heterocycles. The smallest absolute Gasteiger partial charge is 0.174 e. The molecule has 0 atom stereocenters. The maximum Gasteiger partial charge on any atom is 0.266 e. The summed E-state index contributed by atoms with van der Waals surface area (Å²) in [6.07, 6.45) is 14.8. The van der Waals surface area contributed by atoms with E-state index in [-0.39, 0.29) is 0 Å². The lowest BCUT2D eigenvalue weighted by Gasteiger charge is -2.29. The molecule has 1 fully saturated rings. The summed E-state index contributed by atoms with van der Waals surface area (Å²) in [6, 6.07) is 8.32. The molecule has 0 unspecified atom stereocenters. The van der Waals surface area contributed by atoms with Crippen LogP contribution in [0.1, 0.15) is 94.6 Å². The average Bonchev–Trinajstić information content (AvgIpc) is 2.64. The lowest BCUT2D eigenvalue weighted by molar-refractivity contribution is 0.302. The van der Waals surface area contributed by atoms with Crippen molar-refractivity contribution in [3.63, 3.8) is 0 Å². The van der Waals surface area contributed by atoms with Gasteiger partial charge in [0.15, 0.2) is 0 Å². The second-order valence-corrected chi connectivity index (χ2v) is 7.71. The SMILES string of the molecule is CCCCCCCCC1CCC(c2ccc(CC=C(F)F)cc2)CC1. The topological polar surface area (TPSA) is 0 Å². The van der Waals surface area contributed by atoms with Gasteiger partial charge in [0.25, 0.3) is 6.08 Å². The highest BCUT2D eigenvalue weighted by molar-refractivity contribution is 5.27. The van der Waals surface area contributed by atoms with E-state index in [1.165, 1.54) is 76.2 Å². The van der Waals surface area contributed by atoms with Crippen LogP contribution in [0.2, 0.25) is 0 Å². The van der Waals surface area contributed by atoms with Crippen LogP contribution in [0.4, 0.5) is 8.78 Å². The van der Waals surface area contributed by atoms with Crippen molar-refractivity contribution in [2.45, 2.75) is 89.9 Å². The van der Waals surface area contributed by atoms with Crippen LogP contribution in [0.25, 0.3) is 0 Å². The van der Waals surface area contributed by atoms with Crippen LogP contribution in [0.3, 0.4) is 0 Å². The molecule has 0 radical (unpaired) electrons. The predicted octanol–water partition coefficient (Wildman–Crippen LogP) is 8.03. The summed E-state index contributed by atoms with van der Waals surface area (Å²) in [6.45, 7) is 2.27. The number of hydrogen-bond acceptors (Lipinski definition) is 0. The van der Waals surface area contributed by atoms with Crippen molar-refractivity contribution in [2.75, 3.05) is 0 Å². The van der Waals surface area contributed by atoms with Crippen LogP contribution in [0.5, 0.6) is 0 Å². The first-order valence-electron chi connectivity index (χ1n) is 10.3. The van der Waals surface area contributed by atoms with Gasteiger partial charge in [0.2, 0.25) is 0 Å². The lowest BCUT2D eigenvalue weighted by atomic mass is 9.77. The molecule has 25 heavy (non-hydrogen) atoms. The van der Waals surface area contributed by atoms with Crippen molar-refractivity contribution < 1.29 is 8.78 Å². The van der Waals surface area contributed by atoms with Crippen molar-refractivity contribution in [2.24, 2.45) is 5.92 Å². The first-order valence-corrected chi connectivity index (χ1v) is 10.3. The number of allylic oxidation sites excluding steroid dienone is 1. The van der Waals surface area contributed by atoms with Crippen molar-refractivity contribution in [3.05, 3.63) is 47.5 Å². The van der Waals surface area contributed by atoms with Gasteiger partial charge in [-0.15, -0.1) is 0 Å². The van der Waals surface area contributed by atoms with Crippen LogP contribution >= 0.6 is 0 Å². The third-order valence-electron chi connectivity index (χ3n) is 5.76. The molecule has 1 saturated carbocycles. The zero-order valence-electron chi connectivity index (χ0n) is 15.8. The number of rotatable bonds is 10. The summed E-state index contributed by atoms with van der Waals surface area (Å²) in [5, 5.41) is 0. The van der Waals surface area contributed by atoms with Gasteiger partial charge < -0.3 is 0 Å². The van der Waals surface area contributed by atoms with E-state index in [1.807, 2.05) is 12.1 Å². The monoisotopic (exact) mass is 348 g/mol. The molecule has 1 aliphatic rings. The van der Waals surface area contributed by atoms with Crippen LogP contribution in [-0.2, 0) is 6.42 Å². The molecule has 1 aliphatic carbocycles. The van der Waals surface area contributed by atoms with E-state index >= 15 is 0 Å². The summed E-state index contributed by atoms with van der Waals surface area (Å²) in [5.41, 5.74) is 2.36. The van der Waals surface area contributed by atoms with Crippen LogP contribution in [0, 0.1) is 5.92 Å². The van der Waals surface area contributed by atoms with Gasteiger partial charge >= 0.3 is 0 Å². The number of hydrogen-bond donors (Lipinski definition) is 0. The van der Waals surface area contributed by atoms with Gasteiger partial charge in [0.1, 0.15) is 0 Å². The molecule has 0 spiro atoms. The summed E-state index contributed by atoms with van der Waals surface area (Å²) >= 11 is 0. The van der Waals surface area contributed by atoms with Gasteiger partial charge in [-0.25, -0.2) is 0 Å². The molecule has 0 amide bonds. The zero-order chi connectivity index (χ0) is 17.9. The Hall–Kier alpha value is -1.18. The molecule has 0 bridgehead atoms. The average molecular weight is 349 g/mol. The van der Waals surface area contributed by atoms with Crippen molar-refractivity contribution in [1.82, 2.24) is 0 Å². The molecule has 2 heteroatoms. The maximum atomic E-state index is 12.2. The van der Waals surface area contributed by atoms with E-state index in [9.17, 15) is 8.78 Å². The Balaban J connectivity index is 1.66. The number of halogens is 2. The minimum absolute atomic E-state index is 0.327. The standard InChI is InChI=1S/C23H34F2/c1-2-3-4-5-6-7-8-19-9-14-21(15-10-19)22-16-11-20(12-17-22)13-18-23(24)25/h11-12,16-19,21H,2-10,13-15H2,1H3. The third-order valence-corrected chi connectivity index (χ3v) is 5.76. The minimum Gasteiger partial charge on any atom is -0.174 e. The van der Waals surface area contributed by atoms with Crippen molar-refractivity contribution in [1.29, 1.82) is 0 Å². The first kappa shape index (κ1) is 20.1. The molecule has 1 aromatic rings.